The molecule has 31 nitrogen and oxygen atoms in total. The molecule has 0 spiro atoms. The van der Waals surface area contributed by atoms with Gasteiger partial charge in [-0.25, -0.2) is 29.9 Å². The molecule has 0 aromatic carbocycles. The van der Waals surface area contributed by atoms with Crippen LogP contribution in [0.5, 0.6) is 0 Å². The van der Waals surface area contributed by atoms with Gasteiger partial charge in [-0.3, -0.25) is 52.7 Å². The lowest BCUT2D eigenvalue weighted by atomic mass is 10.1. The second kappa shape index (κ2) is 28.5. The van der Waals surface area contributed by atoms with Crippen molar-refractivity contribution in [3.8, 4) is 22.0 Å². The van der Waals surface area contributed by atoms with Crippen molar-refractivity contribution in [3.63, 3.8) is 0 Å². The fourth-order valence-electron chi connectivity index (χ4n) is 7.73. The first-order valence-corrected chi connectivity index (χ1v) is 29.3. The SMILES string of the molecule is CC/C=C1/NC(=O)C(C(C)O)NC(=O)c2csc(n2)-c2ccc(C(=O)NC(C)C(=O)NC(C)C(=O)NC(C)C(=O)NC(C)C(=O)O)nc2-c2coc(n2)C(C)NC(=O)C(C)NC(=O)c2csc(n2)C(C)NC(=O)c2csc(n2)CNC(=O)c2coc1n2. The van der Waals surface area contributed by atoms with Gasteiger partial charge in [0.05, 0.1) is 18.7 Å². The van der Waals surface area contributed by atoms with Crippen molar-refractivity contribution in [2.75, 3.05) is 0 Å². The van der Waals surface area contributed by atoms with E-state index >= 15 is 0 Å². The van der Waals surface area contributed by atoms with E-state index < -0.39 is 119 Å². The number of hydrogen-bond acceptors (Lipinski definition) is 23. The normalized spacial score (nSPS) is 19.4. The molecule has 0 saturated heterocycles. The zero-order valence-electron chi connectivity index (χ0n) is 47.8. The van der Waals surface area contributed by atoms with E-state index in [0.717, 1.165) is 40.3 Å². The third kappa shape index (κ3) is 16.4. The Morgan fingerprint density at radius 2 is 1.22 bits per heavy atom. The van der Waals surface area contributed by atoms with E-state index in [1.165, 1.54) is 89.1 Å². The molecule has 12 N–H and O–H groups in total. The van der Waals surface area contributed by atoms with Crippen molar-refractivity contribution in [2.45, 2.75) is 130 Å². The Kier molecular flexibility index (Phi) is 21.2. The average Bonchev–Trinajstić information content (AvgIpc) is 1.98. The highest BCUT2D eigenvalue weighted by Gasteiger charge is 2.32. The number of pyridine rings is 1. The Morgan fingerprint density at radius 3 is 1.87 bits per heavy atom. The van der Waals surface area contributed by atoms with Crippen molar-refractivity contribution in [1.82, 2.24) is 83.1 Å². The van der Waals surface area contributed by atoms with E-state index in [2.05, 4.69) is 83.1 Å². The molecule has 9 unspecified atom stereocenters. The topological polar surface area (TPSA) is 452 Å². The summed E-state index contributed by atoms with van der Waals surface area (Å²) in [6, 6.07) is -6.63. The minimum Gasteiger partial charge on any atom is -0.480 e. The van der Waals surface area contributed by atoms with Crippen molar-refractivity contribution < 1.29 is 71.8 Å². The molecular formula is C53H60N16O15S3. The van der Waals surface area contributed by atoms with Crippen molar-refractivity contribution in [2.24, 2.45) is 0 Å². The molecule has 7 rings (SSSR count). The number of allylic oxidation sites excluding steroid dienone is 1. The Bertz CT molecular complexity index is 3660. The van der Waals surface area contributed by atoms with Crippen LogP contribution in [0, 0.1) is 0 Å². The standard InChI is InChI=1S/C53H60N16O15S3/c1-10-11-30-50-66-32(16-84-50)43(75)54-14-36-62-33(17-85-36)45(77)60-25(7)51-67-34(18-86-51)46(78)58-23(5)41(73)59-24(6)49-65-31(15-83-49)38-28(52-68-35(19-87-52)47(79)69-37(27(9)70)48(80)64-30)12-13-29(63-38)44(76)57-22(4)40(72)55-20(2)39(71)56-21(3)42(74)61-26(8)53(81)82/h11-13,15-27,37,70H,10,14H2,1-9H3,(H,54,75)(H,55,72)(H,56,71)(H,57,76)(H,58,78)(H,59,73)(H,60,77)(H,61,74)(H,64,80)(H,69,79)(H,81,82)/b30-11+. The van der Waals surface area contributed by atoms with Gasteiger partial charge in [0.1, 0.15) is 110 Å². The van der Waals surface area contributed by atoms with E-state index in [1.807, 2.05) is 0 Å². The zero-order chi connectivity index (χ0) is 63.6. The molecule has 1 aliphatic rings. The molecule has 0 fully saturated rings. The number of aliphatic carboxylic acids is 1. The number of rotatable bonds is 11. The van der Waals surface area contributed by atoms with Crippen LogP contribution in [0.3, 0.4) is 0 Å². The molecule has 1 aliphatic heterocycles. The summed E-state index contributed by atoms with van der Waals surface area (Å²) in [7, 11) is 0. The van der Waals surface area contributed by atoms with Crippen molar-refractivity contribution >= 4 is 105 Å². The van der Waals surface area contributed by atoms with Gasteiger partial charge in [0, 0.05) is 21.7 Å². The van der Waals surface area contributed by atoms with E-state index in [4.69, 9.17) is 13.9 Å². The van der Waals surface area contributed by atoms with Crippen LogP contribution in [-0.4, -0.2) is 148 Å². The minimum atomic E-state index is -1.60. The molecule has 6 aromatic heterocycles. The van der Waals surface area contributed by atoms with Crippen LogP contribution in [0.2, 0.25) is 0 Å². The quantitative estimate of drug-likeness (QED) is 0.0868. The lowest BCUT2D eigenvalue weighted by Gasteiger charge is -2.21. The number of aliphatic hydroxyl groups excluding tert-OH is 1. The molecule has 0 radical (unpaired) electrons. The van der Waals surface area contributed by atoms with Gasteiger partial charge >= 0.3 is 5.97 Å². The lowest BCUT2D eigenvalue weighted by Crippen LogP contribution is -2.55. The van der Waals surface area contributed by atoms with Crippen LogP contribution in [0.25, 0.3) is 27.7 Å². The van der Waals surface area contributed by atoms with Crippen LogP contribution in [0.1, 0.15) is 155 Å². The molecule has 6 aromatic rings. The Labute approximate surface area is 506 Å². The minimum absolute atomic E-state index is 0.00460. The first-order chi connectivity index (χ1) is 41.2. The molecule has 10 amide bonds. The van der Waals surface area contributed by atoms with E-state index in [-0.39, 0.29) is 74.5 Å². The predicted molar refractivity (Wildman–Crippen MR) is 309 cm³/mol. The number of hydrogen-bond donors (Lipinski definition) is 12. The van der Waals surface area contributed by atoms with Gasteiger partial charge < -0.3 is 72.2 Å². The maximum atomic E-state index is 13.9. The number of carboxylic acids is 1. The molecule has 87 heavy (non-hydrogen) atoms. The van der Waals surface area contributed by atoms with Crippen LogP contribution >= 0.6 is 34.0 Å². The second-order valence-electron chi connectivity index (χ2n) is 19.7. The summed E-state index contributed by atoms with van der Waals surface area (Å²) in [5, 5.41) is 50.5. The van der Waals surface area contributed by atoms with Crippen LogP contribution < -0.4 is 53.2 Å². The molecule has 0 saturated carbocycles. The highest BCUT2D eigenvalue weighted by atomic mass is 32.1. The number of carbonyl (C=O) groups is 11. The number of oxazole rings is 2. The first kappa shape index (κ1) is 64.9. The lowest BCUT2D eigenvalue weighted by molar-refractivity contribution is -0.141. The number of carbonyl (C=O) groups excluding carboxylic acids is 10. The van der Waals surface area contributed by atoms with Crippen LogP contribution in [0.4, 0.5) is 0 Å². The summed E-state index contributed by atoms with van der Waals surface area (Å²) in [5.41, 5.74) is -0.553. The molecular weight excluding hydrogens is 1200 g/mol. The monoisotopic (exact) mass is 1260 g/mol. The number of amides is 10. The highest BCUT2D eigenvalue weighted by molar-refractivity contribution is 7.13. The Balaban J connectivity index is 1.16. The number of aromatic nitrogens is 6. The fraction of sp³-hybridized carbons (Fsp3) is 0.377. The van der Waals surface area contributed by atoms with Gasteiger partial charge in [-0.1, -0.05) is 13.0 Å². The largest absolute Gasteiger partial charge is 0.480 e. The second-order valence-corrected chi connectivity index (χ2v) is 22.4. The molecule has 0 aliphatic carbocycles. The van der Waals surface area contributed by atoms with E-state index in [0.29, 0.717) is 16.4 Å². The van der Waals surface area contributed by atoms with Gasteiger partial charge in [0.15, 0.2) is 5.69 Å². The highest BCUT2D eigenvalue weighted by Crippen LogP contribution is 2.34. The predicted octanol–water partition coefficient (Wildman–Crippen LogP) is 1.25. The molecule has 34 heteroatoms. The van der Waals surface area contributed by atoms with Gasteiger partial charge in [-0.15, -0.1) is 34.0 Å². The van der Waals surface area contributed by atoms with E-state index in [9.17, 15) is 57.8 Å². The summed E-state index contributed by atoms with van der Waals surface area (Å²) in [4.78, 5) is 171. The number of fused-ring (bicyclic) bond motifs is 13. The van der Waals surface area contributed by atoms with Crippen LogP contribution in [-0.2, 0) is 35.3 Å². The third-order valence-electron chi connectivity index (χ3n) is 12.6. The third-order valence-corrected chi connectivity index (χ3v) is 15.4. The first-order valence-electron chi connectivity index (χ1n) is 26.6. The Morgan fingerprint density at radius 1 is 0.632 bits per heavy atom. The molecule has 9 atom stereocenters. The zero-order valence-corrected chi connectivity index (χ0v) is 50.3. The van der Waals surface area contributed by atoms with Gasteiger partial charge in [0.2, 0.25) is 41.3 Å². The Hall–Kier alpha value is -9.67. The molecule has 460 valence electrons. The van der Waals surface area contributed by atoms with Crippen molar-refractivity contribution in [1.29, 1.82) is 0 Å². The summed E-state index contributed by atoms with van der Waals surface area (Å²) in [6.45, 7) is 12.7. The maximum Gasteiger partial charge on any atom is 0.325 e. The maximum absolute atomic E-state index is 13.9. The summed E-state index contributed by atoms with van der Waals surface area (Å²) >= 11 is 3.14. The summed E-state index contributed by atoms with van der Waals surface area (Å²) in [6.07, 6.45) is 2.60. The van der Waals surface area contributed by atoms with Crippen molar-refractivity contribution in [3.05, 3.63) is 97.1 Å². The van der Waals surface area contributed by atoms with Gasteiger partial charge in [-0.05, 0) is 73.9 Å². The van der Waals surface area contributed by atoms with Gasteiger partial charge in [-0.2, -0.15) is 0 Å². The summed E-state index contributed by atoms with van der Waals surface area (Å²) < 4.78 is 11.4. The number of aliphatic hydroxyl groups is 1. The number of carboxylic acid groups (broad SMARTS) is 1. The van der Waals surface area contributed by atoms with Gasteiger partial charge in [0.25, 0.3) is 29.5 Å². The fourth-order valence-corrected chi connectivity index (χ4v) is 10.1. The smallest absolute Gasteiger partial charge is 0.325 e. The molecule has 10 bridgehead atoms. The number of nitrogens with one attached hydrogen (secondary N) is 10. The van der Waals surface area contributed by atoms with Crippen LogP contribution in [0.15, 0.2) is 55.7 Å². The number of nitrogens with zero attached hydrogens (tertiary/aromatic N) is 6. The number of thiazole rings is 3. The molecule has 7 heterocycles. The van der Waals surface area contributed by atoms with E-state index in [1.54, 1.807) is 13.8 Å². The average molecular weight is 1260 g/mol. The summed E-state index contributed by atoms with van der Waals surface area (Å²) in [5.74, 6) is -9.26.